The van der Waals surface area contributed by atoms with Gasteiger partial charge in [0.25, 0.3) is 10.0 Å². The lowest BCUT2D eigenvalue weighted by Crippen LogP contribution is -2.53. The van der Waals surface area contributed by atoms with Gasteiger partial charge in [-0.05, 0) is 60.0 Å². The normalized spacial score (nSPS) is 12.3. The van der Waals surface area contributed by atoms with E-state index >= 15 is 0 Å². The molecule has 0 spiro atoms. The molecule has 0 aromatic heterocycles. The molecule has 1 atom stereocenters. The zero-order chi connectivity index (χ0) is 33.3. The molecule has 0 aliphatic carbocycles. The number of amides is 2. The Balaban J connectivity index is 1.82. The topological polar surface area (TPSA) is 86.8 Å². The van der Waals surface area contributed by atoms with Crippen LogP contribution in [0, 0.1) is 0 Å². The zero-order valence-electron chi connectivity index (χ0n) is 25.0. The van der Waals surface area contributed by atoms with Crippen LogP contribution in [0.4, 0.5) is 18.9 Å². The van der Waals surface area contributed by atoms with Crippen LogP contribution in [0.5, 0.6) is 0 Å². The standard InChI is InChI=1S/C34H33BrF3N3O4S/c1-2-20-39-33(43)31(21-25-10-5-3-6-11-25)40(23-26-16-18-28(35)19-17-26)32(42)24-41(46(44,45)30-14-7-4-8-15-30)29-13-9-12-27(22-29)34(36,37)38/h3-19,22,31H,2,20-21,23-24H2,1H3,(H,39,43)/t31-/m1/s1. The van der Waals surface area contributed by atoms with Gasteiger partial charge in [-0.25, -0.2) is 8.42 Å². The quantitative estimate of drug-likeness (QED) is 0.165. The number of benzene rings is 4. The number of halogens is 4. The third-order valence-corrected chi connectivity index (χ3v) is 9.47. The van der Waals surface area contributed by atoms with Crippen molar-refractivity contribution in [2.45, 2.75) is 43.4 Å². The third kappa shape index (κ3) is 8.97. The third-order valence-electron chi connectivity index (χ3n) is 7.16. The maximum Gasteiger partial charge on any atom is 0.416 e. The molecule has 2 amide bonds. The largest absolute Gasteiger partial charge is 0.416 e. The first-order chi connectivity index (χ1) is 21.9. The molecular formula is C34H33BrF3N3O4S. The van der Waals surface area contributed by atoms with Crippen LogP contribution in [0.1, 0.15) is 30.0 Å². The van der Waals surface area contributed by atoms with Gasteiger partial charge in [0.2, 0.25) is 11.8 Å². The number of nitrogens with zero attached hydrogens (tertiary/aromatic N) is 2. The molecule has 0 fully saturated rings. The molecule has 0 bridgehead atoms. The van der Waals surface area contributed by atoms with Gasteiger partial charge in [0.15, 0.2) is 0 Å². The summed E-state index contributed by atoms with van der Waals surface area (Å²) in [4.78, 5) is 29.1. The lowest BCUT2D eigenvalue weighted by Gasteiger charge is -2.34. The summed E-state index contributed by atoms with van der Waals surface area (Å²) in [6, 6.07) is 26.1. The summed E-state index contributed by atoms with van der Waals surface area (Å²) in [6.45, 7) is 1.31. The molecule has 4 aromatic carbocycles. The van der Waals surface area contributed by atoms with E-state index in [-0.39, 0.29) is 23.5 Å². The van der Waals surface area contributed by atoms with Crippen molar-refractivity contribution in [1.82, 2.24) is 10.2 Å². The number of rotatable bonds is 13. The average Bonchev–Trinajstić information content (AvgIpc) is 3.05. The molecule has 1 N–H and O–H groups in total. The van der Waals surface area contributed by atoms with Crippen LogP contribution < -0.4 is 9.62 Å². The Morgan fingerprint density at radius 1 is 0.848 bits per heavy atom. The van der Waals surface area contributed by atoms with Crippen molar-refractivity contribution in [3.05, 3.63) is 130 Å². The van der Waals surface area contributed by atoms with Crippen LogP contribution >= 0.6 is 15.9 Å². The predicted octanol–water partition coefficient (Wildman–Crippen LogP) is 6.83. The number of anilines is 1. The van der Waals surface area contributed by atoms with E-state index in [0.717, 1.165) is 22.2 Å². The summed E-state index contributed by atoms with van der Waals surface area (Å²) >= 11 is 3.39. The fraction of sp³-hybridized carbons (Fsp3) is 0.235. The van der Waals surface area contributed by atoms with Crippen molar-refractivity contribution in [3.8, 4) is 0 Å². The maximum atomic E-state index is 14.4. The second-order valence-electron chi connectivity index (χ2n) is 10.5. The van der Waals surface area contributed by atoms with Gasteiger partial charge in [0, 0.05) is 24.0 Å². The first-order valence-corrected chi connectivity index (χ1v) is 16.7. The zero-order valence-corrected chi connectivity index (χ0v) is 27.4. The van der Waals surface area contributed by atoms with Crippen molar-refractivity contribution >= 4 is 43.5 Å². The van der Waals surface area contributed by atoms with Crippen LogP contribution in [-0.2, 0) is 38.8 Å². The molecule has 12 heteroatoms. The number of nitrogens with one attached hydrogen (secondary N) is 1. The molecule has 0 saturated carbocycles. The van der Waals surface area contributed by atoms with Crippen molar-refractivity contribution < 1.29 is 31.2 Å². The maximum absolute atomic E-state index is 14.4. The molecule has 242 valence electrons. The van der Waals surface area contributed by atoms with Crippen LogP contribution in [0.2, 0.25) is 0 Å². The van der Waals surface area contributed by atoms with Gasteiger partial charge in [-0.1, -0.05) is 89.6 Å². The second-order valence-corrected chi connectivity index (χ2v) is 13.3. The van der Waals surface area contributed by atoms with E-state index in [9.17, 15) is 31.2 Å². The first-order valence-electron chi connectivity index (χ1n) is 14.5. The summed E-state index contributed by atoms with van der Waals surface area (Å²) in [5.74, 6) is -1.21. The summed E-state index contributed by atoms with van der Waals surface area (Å²) in [5, 5.41) is 2.85. The molecule has 7 nitrogen and oxygen atoms in total. The lowest BCUT2D eigenvalue weighted by atomic mass is 10.0. The van der Waals surface area contributed by atoms with Crippen molar-refractivity contribution in [1.29, 1.82) is 0 Å². The lowest BCUT2D eigenvalue weighted by molar-refractivity contribution is -0.140. The van der Waals surface area contributed by atoms with Gasteiger partial charge in [0.1, 0.15) is 12.6 Å². The molecule has 0 saturated heterocycles. The Morgan fingerprint density at radius 3 is 2.09 bits per heavy atom. The smallest absolute Gasteiger partial charge is 0.354 e. The Labute approximate surface area is 275 Å². The summed E-state index contributed by atoms with van der Waals surface area (Å²) in [7, 11) is -4.53. The van der Waals surface area contributed by atoms with E-state index in [1.165, 1.54) is 35.2 Å². The molecule has 4 aromatic rings. The molecule has 0 radical (unpaired) electrons. The van der Waals surface area contributed by atoms with Gasteiger partial charge in [-0.2, -0.15) is 13.2 Å². The molecular weight excluding hydrogens is 683 g/mol. The van der Waals surface area contributed by atoms with Crippen LogP contribution in [0.3, 0.4) is 0 Å². The first kappa shape index (κ1) is 34.7. The predicted molar refractivity (Wildman–Crippen MR) is 174 cm³/mol. The molecule has 0 aliphatic rings. The number of sulfonamides is 1. The number of hydrogen-bond acceptors (Lipinski definition) is 4. The van der Waals surface area contributed by atoms with E-state index in [2.05, 4.69) is 21.2 Å². The highest BCUT2D eigenvalue weighted by Gasteiger charge is 2.36. The number of carbonyl (C=O) groups is 2. The number of hydrogen-bond donors (Lipinski definition) is 1. The monoisotopic (exact) mass is 715 g/mol. The Kier molecular flexibility index (Phi) is 11.6. The Hall–Kier alpha value is -4.16. The van der Waals surface area contributed by atoms with Gasteiger partial charge in [-0.3, -0.25) is 13.9 Å². The summed E-state index contributed by atoms with van der Waals surface area (Å²) < 4.78 is 70.6. The van der Waals surface area contributed by atoms with Crippen LogP contribution in [-0.4, -0.2) is 44.3 Å². The average molecular weight is 717 g/mol. The van der Waals surface area contributed by atoms with E-state index in [1.54, 1.807) is 42.5 Å². The minimum Gasteiger partial charge on any atom is -0.354 e. The van der Waals surface area contributed by atoms with E-state index in [0.29, 0.717) is 28.9 Å². The minimum atomic E-state index is -4.76. The van der Waals surface area contributed by atoms with Crippen LogP contribution in [0.15, 0.2) is 119 Å². The van der Waals surface area contributed by atoms with Gasteiger partial charge >= 0.3 is 6.18 Å². The SMILES string of the molecule is CCCNC(=O)[C@@H](Cc1ccccc1)N(Cc1ccc(Br)cc1)C(=O)CN(c1cccc(C(F)(F)F)c1)S(=O)(=O)c1ccccc1. The molecule has 46 heavy (non-hydrogen) atoms. The Morgan fingerprint density at radius 2 is 1.48 bits per heavy atom. The van der Waals surface area contributed by atoms with Gasteiger partial charge in [-0.15, -0.1) is 0 Å². The molecule has 0 heterocycles. The van der Waals surface area contributed by atoms with Crippen molar-refractivity contribution in [2.75, 3.05) is 17.4 Å². The van der Waals surface area contributed by atoms with Crippen LogP contribution in [0.25, 0.3) is 0 Å². The van der Waals surface area contributed by atoms with Gasteiger partial charge < -0.3 is 10.2 Å². The number of carbonyl (C=O) groups excluding carboxylic acids is 2. The molecule has 0 aliphatic heterocycles. The summed E-state index contributed by atoms with van der Waals surface area (Å²) in [5.41, 5.74) is 0.0119. The van der Waals surface area contributed by atoms with Gasteiger partial charge in [0.05, 0.1) is 16.1 Å². The summed E-state index contributed by atoms with van der Waals surface area (Å²) in [6.07, 6.45) is -4.00. The molecule has 4 rings (SSSR count). The van der Waals surface area contributed by atoms with E-state index < -0.39 is 46.2 Å². The van der Waals surface area contributed by atoms with E-state index in [4.69, 9.17) is 0 Å². The fourth-order valence-corrected chi connectivity index (χ4v) is 6.48. The fourth-order valence-electron chi connectivity index (χ4n) is 4.79. The highest BCUT2D eigenvalue weighted by molar-refractivity contribution is 9.10. The number of alkyl halides is 3. The highest BCUT2D eigenvalue weighted by atomic mass is 79.9. The van der Waals surface area contributed by atoms with Crippen molar-refractivity contribution in [2.24, 2.45) is 0 Å². The van der Waals surface area contributed by atoms with E-state index in [1.807, 2.05) is 25.1 Å². The molecule has 0 unspecified atom stereocenters. The van der Waals surface area contributed by atoms with Crippen molar-refractivity contribution in [3.63, 3.8) is 0 Å². The second kappa shape index (κ2) is 15.4. The minimum absolute atomic E-state index is 0.0645. The highest BCUT2D eigenvalue weighted by Crippen LogP contribution is 2.33. The Bertz CT molecular complexity index is 1720.